The lowest BCUT2D eigenvalue weighted by Gasteiger charge is -2.27. The fourth-order valence-corrected chi connectivity index (χ4v) is 9.26. The lowest BCUT2D eigenvalue weighted by Crippen LogP contribution is -2.39. The van der Waals surface area contributed by atoms with Crippen LogP contribution in [-0.4, -0.2) is 79.9 Å². The number of carbonyl (C=O) groups is 3. The maximum atomic E-state index is 13.8. The van der Waals surface area contributed by atoms with Gasteiger partial charge in [0.1, 0.15) is 18.3 Å². The van der Waals surface area contributed by atoms with E-state index >= 15 is 0 Å². The molecule has 8 heteroatoms. The van der Waals surface area contributed by atoms with Gasteiger partial charge in [-0.3, -0.25) is 9.59 Å². The molecule has 0 heterocycles. The van der Waals surface area contributed by atoms with E-state index in [1.807, 2.05) is 4.90 Å². The fourth-order valence-electron chi connectivity index (χ4n) is 9.26. The number of nitrogens with zero attached hydrogens (tertiary/aromatic N) is 2. The number of hydrogen-bond acceptors (Lipinski definition) is 7. The van der Waals surface area contributed by atoms with Crippen molar-refractivity contribution in [2.45, 2.75) is 329 Å². The van der Waals surface area contributed by atoms with Crippen LogP contribution in [0.4, 0.5) is 4.79 Å². The highest BCUT2D eigenvalue weighted by Crippen LogP contribution is 2.22. The molecule has 0 spiro atoms. The monoisotopic (exact) mass is 949 g/mol. The lowest BCUT2D eigenvalue weighted by atomic mass is 10.0. The van der Waals surface area contributed by atoms with Crippen LogP contribution in [0.1, 0.15) is 311 Å². The smallest absolute Gasteiger partial charge is 0.410 e. The second kappa shape index (κ2) is 50.6. The quantitative estimate of drug-likeness (QED) is 0.0341. The molecule has 0 N–H and O–H groups in total. The predicted octanol–water partition coefficient (Wildman–Crippen LogP) is 18.1. The molecule has 0 radical (unpaired) electrons. The Labute approximate surface area is 417 Å². The Hall–Kier alpha value is -1.83. The first kappa shape index (κ1) is 65.2. The zero-order valence-electron chi connectivity index (χ0n) is 46.1. The van der Waals surface area contributed by atoms with E-state index in [2.05, 4.69) is 53.6 Å². The van der Waals surface area contributed by atoms with E-state index in [1.165, 1.54) is 116 Å². The first-order chi connectivity index (χ1) is 32.7. The number of ether oxygens (including phenoxy) is 3. The largest absolute Gasteiger partial charge is 0.462 e. The number of unbranched alkanes of at least 4 members (excludes halogenated alkanes) is 28. The molecular formula is C59H116N2O6. The zero-order valence-corrected chi connectivity index (χ0v) is 46.1. The molecule has 398 valence electrons. The highest BCUT2D eigenvalue weighted by Gasteiger charge is 2.21. The van der Waals surface area contributed by atoms with E-state index in [-0.39, 0.29) is 36.3 Å². The second-order valence-electron chi connectivity index (χ2n) is 20.9. The van der Waals surface area contributed by atoms with Crippen molar-refractivity contribution < 1.29 is 28.6 Å². The number of rotatable bonds is 52. The van der Waals surface area contributed by atoms with Crippen molar-refractivity contribution >= 4 is 18.0 Å². The van der Waals surface area contributed by atoms with Crippen LogP contribution in [-0.2, 0) is 23.8 Å². The van der Waals surface area contributed by atoms with Gasteiger partial charge in [0.2, 0.25) is 0 Å². The van der Waals surface area contributed by atoms with Crippen molar-refractivity contribution in [1.29, 1.82) is 0 Å². The van der Waals surface area contributed by atoms with Gasteiger partial charge in [-0.05, 0) is 110 Å². The third kappa shape index (κ3) is 45.1. The number of carbonyl (C=O) groups excluding carboxylic acids is 3. The van der Waals surface area contributed by atoms with Gasteiger partial charge in [0, 0.05) is 32.5 Å². The number of hydrogen-bond donors (Lipinski definition) is 0. The first-order valence-electron chi connectivity index (χ1n) is 29.7. The van der Waals surface area contributed by atoms with Crippen molar-refractivity contribution in [3.05, 3.63) is 0 Å². The molecule has 1 amide bonds. The van der Waals surface area contributed by atoms with E-state index in [1.54, 1.807) is 0 Å². The summed E-state index contributed by atoms with van der Waals surface area (Å²) in [5.41, 5.74) is 0. The zero-order chi connectivity index (χ0) is 49.3. The molecule has 0 saturated heterocycles. The van der Waals surface area contributed by atoms with Crippen LogP contribution in [0.3, 0.4) is 0 Å². The van der Waals surface area contributed by atoms with E-state index in [0.29, 0.717) is 19.4 Å². The highest BCUT2D eigenvalue weighted by molar-refractivity contribution is 5.70. The van der Waals surface area contributed by atoms with Crippen LogP contribution in [0, 0.1) is 0 Å². The Kier molecular flexibility index (Phi) is 49.2. The molecule has 0 saturated carbocycles. The van der Waals surface area contributed by atoms with Gasteiger partial charge in [0.25, 0.3) is 0 Å². The average molecular weight is 950 g/mol. The summed E-state index contributed by atoms with van der Waals surface area (Å²) in [4.78, 5) is 43.5. The standard InChI is InChI=1S/C59H116N2O6/c1-8-13-18-23-28-33-42-51-61(53-52-60(6)7)59(64)67-56(47-38-29-24-26-31-40-49-57(62)65-54(43-34-19-14-9-2)44-35-20-15-10-3)48-39-30-25-27-32-41-50-58(63)66-55(45-36-21-16-11-4)46-37-22-17-12-5/h54-56H,8-53H2,1-7H3. The molecule has 0 aromatic heterocycles. The van der Waals surface area contributed by atoms with Gasteiger partial charge in [-0.2, -0.15) is 0 Å². The molecule has 0 atom stereocenters. The van der Waals surface area contributed by atoms with Crippen molar-refractivity contribution in [3.63, 3.8) is 0 Å². The number of amides is 1. The minimum Gasteiger partial charge on any atom is -0.462 e. The molecule has 0 bridgehead atoms. The van der Waals surface area contributed by atoms with Gasteiger partial charge in [0.05, 0.1) is 0 Å². The first-order valence-corrected chi connectivity index (χ1v) is 29.7. The summed E-state index contributed by atoms with van der Waals surface area (Å²) in [6.45, 7) is 13.5. The summed E-state index contributed by atoms with van der Waals surface area (Å²) < 4.78 is 18.4. The van der Waals surface area contributed by atoms with Crippen LogP contribution in [0.5, 0.6) is 0 Å². The lowest BCUT2D eigenvalue weighted by molar-refractivity contribution is -0.151. The average Bonchev–Trinajstić information content (AvgIpc) is 3.31. The van der Waals surface area contributed by atoms with Crippen LogP contribution in [0.25, 0.3) is 0 Å². The Bertz CT molecular complexity index is 988. The Balaban J connectivity index is 5.00. The molecule has 0 fully saturated rings. The van der Waals surface area contributed by atoms with E-state index in [9.17, 15) is 14.4 Å². The van der Waals surface area contributed by atoms with E-state index < -0.39 is 0 Å². The van der Waals surface area contributed by atoms with Crippen molar-refractivity contribution in [2.75, 3.05) is 33.7 Å². The topological polar surface area (TPSA) is 85.4 Å². The number of likely N-dealkylation sites (N-methyl/N-ethyl adjacent to an activating group) is 1. The Morgan fingerprint density at radius 3 is 0.910 bits per heavy atom. The highest BCUT2D eigenvalue weighted by atomic mass is 16.6. The SMILES string of the molecule is CCCCCCCCCN(CCN(C)C)C(=O)OC(CCCCCCCCC(=O)OC(CCCCCC)CCCCCC)CCCCCCCCC(=O)OC(CCCCCC)CCCCCC. The summed E-state index contributed by atoms with van der Waals surface area (Å²) in [6.07, 6.45) is 48.0. The second-order valence-corrected chi connectivity index (χ2v) is 20.9. The normalized spacial score (nSPS) is 11.7. The minimum absolute atomic E-state index is 0.00256. The van der Waals surface area contributed by atoms with Gasteiger partial charge in [-0.15, -0.1) is 0 Å². The molecule has 0 aliphatic rings. The molecule has 0 rings (SSSR count). The summed E-state index contributed by atoms with van der Waals surface area (Å²) >= 11 is 0. The van der Waals surface area contributed by atoms with Crippen LogP contribution in [0.15, 0.2) is 0 Å². The summed E-state index contributed by atoms with van der Waals surface area (Å²) in [5.74, 6) is -0.00512. The van der Waals surface area contributed by atoms with Gasteiger partial charge in [-0.1, -0.05) is 202 Å². The molecule has 67 heavy (non-hydrogen) atoms. The third-order valence-electron chi connectivity index (χ3n) is 13.8. The van der Waals surface area contributed by atoms with Crippen LogP contribution < -0.4 is 0 Å². The maximum Gasteiger partial charge on any atom is 0.410 e. The molecule has 0 aromatic rings. The van der Waals surface area contributed by atoms with Gasteiger partial charge < -0.3 is 24.0 Å². The van der Waals surface area contributed by atoms with Gasteiger partial charge in [0.15, 0.2) is 0 Å². The molecule has 0 aromatic carbocycles. The Morgan fingerprint density at radius 1 is 0.313 bits per heavy atom. The fraction of sp³-hybridized carbons (Fsp3) is 0.949. The van der Waals surface area contributed by atoms with Crippen LogP contribution in [0.2, 0.25) is 0 Å². The summed E-state index contributed by atoms with van der Waals surface area (Å²) in [6, 6.07) is 0. The molecule has 0 aliphatic carbocycles. The Morgan fingerprint density at radius 2 is 0.582 bits per heavy atom. The predicted molar refractivity (Wildman–Crippen MR) is 287 cm³/mol. The maximum absolute atomic E-state index is 13.8. The summed E-state index contributed by atoms with van der Waals surface area (Å²) in [5, 5.41) is 0. The van der Waals surface area contributed by atoms with Gasteiger partial charge >= 0.3 is 18.0 Å². The van der Waals surface area contributed by atoms with Crippen molar-refractivity contribution in [3.8, 4) is 0 Å². The van der Waals surface area contributed by atoms with Crippen molar-refractivity contribution in [2.24, 2.45) is 0 Å². The minimum atomic E-state index is -0.134. The third-order valence-corrected chi connectivity index (χ3v) is 13.8. The molecular weight excluding hydrogens is 833 g/mol. The van der Waals surface area contributed by atoms with Gasteiger partial charge in [-0.25, -0.2) is 4.79 Å². The molecule has 0 aliphatic heterocycles. The molecule has 0 unspecified atom stereocenters. The van der Waals surface area contributed by atoms with Crippen LogP contribution >= 0.6 is 0 Å². The van der Waals surface area contributed by atoms with E-state index in [0.717, 1.165) is 161 Å². The van der Waals surface area contributed by atoms with Crippen molar-refractivity contribution in [1.82, 2.24) is 9.80 Å². The van der Waals surface area contributed by atoms with E-state index in [4.69, 9.17) is 14.2 Å². The molecule has 8 nitrogen and oxygen atoms in total. The number of esters is 2. The summed E-state index contributed by atoms with van der Waals surface area (Å²) in [7, 11) is 4.14.